The smallest absolute Gasteiger partial charge is 0.263 e. The number of aryl methyl sites for hydroxylation is 2. The molecule has 4 heterocycles. The SMILES string of the molecule is O=C(Cn1cnc2sc3c(c2c1=O)CCC3)N1N=C(c2ccc(Cl)cc2)C[C@H]1c1ccco1. The van der Waals surface area contributed by atoms with Crippen LogP contribution in [0.3, 0.4) is 0 Å². The topological polar surface area (TPSA) is 80.7 Å². The van der Waals surface area contributed by atoms with Gasteiger partial charge in [0.25, 0.3) is 11.5 Å². The van der Waals surface area contributed by atoms with E-state index in [1.165, 1.54) is 20.8 Å². The lowest BCUT2D eigenvalue weighted by Gasteiger charge is -2.20. The van der Waals surface area contributed by atoms with Gasteiger partial charge in [0.2, 0.25) is 0 Å². The average Bonchev–Trinajstić information content (AvgIpc) is 3.59. The predicted molar refractivity (Wildman–Crippen MR) is 127 cm³/mol. The number of carbonyl (C=O) groups is 1. The van der Waals surface area contributed by atoms with Gasteiger partial charge >= 0.3 is 0 Å². The van der Waals surface area contributed by atoms with E-state index in [2.05, 4.69) is 10.1 Å². The second-order valence-corrected chi connectivity index (χ2v) is 9.76. The molecule has 1 amide bonds. The van der Waals surface area contributed by atoms with Gasteiger partial charge in [-0.15, -0.1) is 11.3 Å². The Labute approximate surface area is 197 Å². The summed E-state index contributed by atoms with van der Waals surface area (Å²) in [6, 6.07) is 10.6. The first-order valence-corrected chi connectivity index (χ1v) is 12.0. The number of furan rings is 1. The monoisotopic (exact) mass is 478 g/mol. The van der Waals surface area contributed by atoms with Gasteiger partial charge in [-0.3, -0.25) is 14.2 Å². The molecule has 0 unspecified atom stereocenters. The van der Waals surface area contributed by atoms with Crippen molar-refractivity contribution in [2.24, 2.45) is 5.10 Å². The first-order chi connectivity index (χ1) is 16.1. The molecule has 1 aliphatic heterocycles. The van der Waals surface area contributed by atoms with Crippen LogP contribution in [0.2, 0.25) is 5.02 Å². The van der Waals surface area contributed by atoms with Crippen LogP contribution in [0.25, 0.3) is 10.2 Å². The number of hydrogen-bond donors (Lipinski definition) is 0. The van der Waals surface area contributed by atoms with Crippen LogP contribution in [0, 0.1) is 0 Å². The van der Waals surface area contributed by atoms with Gasteiger partial charge in [0.1, 0.15) is 23.2 Å². The Hall–Kier alpha value is -3.23. The third-order valence-electron chi connectivity index (χ3n) is 6.21. The molecule has 0 saturated carbocycles. The Balaban J connectivity index is 1.34. The first kappa shape index (κ1) is 20.4. The summed E-state index contributed by atoms with van der Waals surface area (Å²) >= 11 is 7.61. The molecule has 0 N–H and O–H groups in total. The minimum atomic E-state index is -0.379. The molecule has 3 aromatic heterocycles. The summed E-state index contributed by atoms with van der Waals surface area (Å²) in [7, 11) is 0. The first-order valence-electron chi connectivity index (χ1n) is 10.8. The summed E-state index contributed by atoms with van der Waals surface area (Å²) in [6.07, 6.45) is 6.51. The van der Waals surface area contributed by atoms with Gasteiger partial charge in [0, 0.05) is 16.3 Å². The fourth-order valence-corrected chi connectivity index (χ4v) is 5.96. The Morgan fingerprint density at radius 3 is 2.85 bits per heavy atom. The van der Waals surface area contributed by atoms with Crippen molar-refractivity contribution in [3.63, 3.8) is 0 Å². The van der Waals surface area contributed by atoms with Crippen LogP contribution in [0.5, 0.6) is 0 Å². The molecular formula is C24H19ClN4O3S. The minimum Gasteiger partial charge on any atom is -0.467 e. The van der Waals surface area contributed by atoms with Crippen LogP contribution in [0.4, 0.5) is 0 Å². The lowest BCUT2D eigenvalue weighted by atomic mass is 10.0. The van der Waals surface area contributed by atoms with Crippen LogP contribution in [0.15, 0.2) is 63.3 Å². The van der Waals surface area contributed by atoms with Crippen molar-refractivity contribution in [3.8, 4) is 0 Å². The van der Waals surface area contributed by atoms with Gasteiger partial charge in [-0.1, -0.05) is 23.7 Å². The van der Waals surface area contributed by atoms with E-state index in [-0.39, 0.29) is 24.1 Å². The molecular weight excluding hydrogens is 460 g/mol. The molecule has 4 aromatic rings. The molecule has 166 valence electrons. The van der Waals surface area contributed by atoms with Crippen molar-refractivity contribution in [3.05, 3.63) is 86.1 Å². The molecule has 0 bridgehead atoms. The molecule has 6 rings (SSSR count). The van der Waals surface area contributed by atoms with Gasteiger partial charge in [0.15, 0.2) is 0 Å². The molecule has 0 saturated heterocycles. The van der Waals surface area contributed by atoms with Crippen molar-refractivity contribution in [2.45, 2.75) is 38.3 Å². The third-order valence-corrected chi connectivity index (χ3v) is 7.66. The van der Waals surface area contributed by atoms with Gasteiger partial charge in [-0.05, 0) is 54.7 Å². The highest BCUT2D eigenvalue weighted by atomic mass is 35.5. The van der Waals surface area contributed by atoms with Crippen LogP contribution in [-0.4, -0.2) is 26.2 Å². The fraction of sp³-hybridized carbons (Fsp3) is 0.250. The standard InChI is InChI=1S/C24H19ClN4O3S/c25-15-8-6-14(7-9-15)17-11-18(19-4-2-10-32-19)29(27-17)21(30)12-28-13-26-23-22(24(28)31)16-3-1-5-20(16)33-23/h2,4,6-10,13,18H,1,3,5,11-12H2/t18-/m0/s1. The number of halogens is 1. The number of benzene rings is 1. The van der Waals surface area contributed by atoms with Crippen molar-refractivity contribution >= 4 is 44.8 Å². The van der Waals surface area contributed by atoms with Crippen molar-refractivity contribution in [2.75, 3.05) is 0 Å². The second kappa shape index (κ2) is 7.97. The van der Waals surface area contributed by atoms with Crippen LogP contribution in [0.1, 0.15) is 40.6 Å². The molecule has 1 aliphatic carbocycles. The summed E-state index contributed by atoms with van der Waals surface area (Å²) in [4.78, 5) is 33.1. The van der Waals surface area contributed by atoms with Crippen LogP contribution >= 0.6 is 22.9 Å². The van der Waals surface area contributed by atoms with Gasteiger partial charge in [-0.2, -0.15) is 5.10 Å². The zero-order valence-corrected chi connectivity index (χ0v) is 19.1. The van der Waals surface area contributed by atoms with E-state index in [4.69, 9.17) is 16.0 Å². The lowest BCUT2D eigenvalue weighted by molar-refractivity contribution is -0.134. The summed E-state index contributed by atoms with van der Waals surface area (Å²) in [5.41, 5.74) is 2.59. The van der Waals surface area contributed by atoms with E-state index in [0.717, 1.165) is 40.9 Å². The Morgan fingerprint density at radius 1 is 1.21 bits per heavy atom. The maximum atomic E-state index is 13.4. The van der Waals surface area contributed by atoms with E-state index >= 15 is 0 Å². The minimum absolute atomic E-state index is 0.138. The highest BCUT2D eigenvalue weighted by Gasteiger charge is 2.35. The van der Waals surface area contributed by atoms with E-state index in [1.807, 2.05) is 18.2 Å². The third kappa shape index (κ3) is 3.50. The normalized spacial score (nSPS) is 17.5. The van der Waals surface area contributed by atoms with E-state index in [1.54, 1.807) is 35.8 Å². The summed E-state index contributed by atoms with van der Waals surface area (Å²) in [5.74, 6) is 0.350. The van der Waals surface area contributed by atoms with Gasteiger partial charge in [-0.25, -0.2) is 9.99 Å². The molecule has 9 heteroatoms. The molecule has 0 fully saturated rings. The Kier molecular flexibility index (Phi) is 4.92. The number of rotatable bonds is 4. The number of carbonyl (C=O) groups excluding carboxylic acids is 1. The summed E-state index contributed by atoms with van der Waals surface area (Å²) in [6.45, 7) is -0.138. The maximum absolute atomic E-state index is 13.4. The van der Waals surface area contributed by atoms with Crippen molar-refractivity contribution < 1.29 is 9.21 Å². The maximum Gasteiger partial charge on any atom is 0.263 e. The Bertz CT molecular complexity index is 1450. The van der Waals surface area contributed by atoms with Crippen molar-refractivity contribution in [1.82, 2.24) is 14.6 Å². The largest absolute Gasteiger partial charge is 0.467 e. The number of thiophene rings is 1. The average molecular weight is 479 g/mol. The molecule has 1 aromatic carbocycles. The fourth-order valence-electron chi connectivity index (χ4n) is 4.61. The number of hydrazone groups is 1. The number of nitrogens with zero attached hydrogens (tertiary/aromatic N) is 4. The molecule has 7 nitrogen and oxygen atoms in total. The zero-order valence-electron chi connectivity index (χ0n) is 17.5. The summed E-state index contributed by atoms with van der Waals surface area (Å²) < 4.78 is 7.00. The number of amides is 1. The number of hydrogen-bond acceptors (Lipinski definition) is 6. The van der Waals surface area contributed by atoms with Gasteiger partial charge < -0.3 is 4.42 Å². The Morgan fingerprint density at radius 2 is 2.06 bits per heavy atom. The number of fused-ring (bicyclic) bond motifs is 3. The van der Waals surface area contributed by atoms with Crippen molar-refractivity contribution in [1.29, 1.82) is 0 Å². The number of aromatic nitrogens is 2. The molecule has 0 radical (unpaired) electrons. The lowest BCUT2D eigenvalue weighted by Crippen LogP contribution is -2.34. The van der Waals surface area contributed by atoms with Crippen LogP contribution < -0.4 is 5.56 Å². The second-order valence-electron chi connectivity index (χ2n) is 8.24. The zero-order chi connectivity index (χ0) is 22.5. The molecule has 0 spiro atoms. The van der Waals surface area contributed by atoms with E-state index < -0.39 is 0 Å². The molecule has 33 heavy (non-hydrogen) atoms. The highest BCUT2D eigenvalue weighted by Crippen LogP contribution is 2.35. The van der Waals surface area contributed by atoms with Gasteiger partial charge in [0.05, 0.1) is 23.7 Å². The predicted octanol–water partition coefficient (Wildman–Crippen LogP) is 4.57. The molecule has 1 atom stereocenters. The summed E-state index contributed by atoms with van der Waals surface area (Å²) in [5, 5.41) is 7.35. The quantitative estimate of drug-likeness (QED) is 0.430. The van der Waals surface area contributed by atoms with Crippen LogP contribution in [-0.2, 0) is 24.2 Å². The molecule has 2 aliphatic rings. The van der Waals surface area contributed by atoms with E-state index in [9.17, 15) is 9.59 Å². The van der Waals surface area contributed by atoms with E-state index in [0.29, 0.717) is 22.6 Å². The highest BCUT2D eigenvalue weighted by molar-refractivity contribution is 7.18.